The molecule has 0 aliphatic rings. The van der Waals surface area contributed by atoms with Gasteiger partial charge < -0.3 is 5.11 Å². The summed E-state index contributed by atoms with van der Waals surface area (Å²) in [6, 6.07) is 6.93. The number of benzene rings is 1. The van der Waals surface area contributed by atoms with Crippen molar-refractivity contribution < 1.29 is 9.90 Å². The van der Waals surface area contributed by atoms with E-state index in [9.17, 15) is 4.79 Å². The van der Waals surface area contributed by atoms with E-state index in [-0.39, 0.29) is 17.0 Å². The molecule has 0 radical (unpaired) electrons. The summed E-state index contributed by atoms with van der Waals surface area (Å²) >= 11 is 3.32. The van der Waals surface area contributed by atoms with Gasteiger partial charge in [-0.2, -0.15) is 0 Å². The first-order chi connectivity index (χ1) is 5.74. The summed E-state index contributed by atoms with van der Waals surface area (Å²) in [5, 5.41) is 9.50. The maximum atomic E-state index is 10.5. The molecular formula is C9H10Br2O2. The summed E-state index contributed by atoms with van der Waals surface area (Å²) in [4.78, 5) is 10.5. The van der Waals surface area contributed by atoms with E-state index in [2.05, 4.69) is 15.9 Å². The lowest BCUT2D eigenvalue weighted by Gasteiger charge is -1.97. The minimum Gasteiger partial charge on any atom is -0.478 e. The number of hydrogen-bond donors (Lipinski definition) is 1. The Hall–Kier alpha value is -0.350. The second kappa shape index (κ2) is 6.16. The number of alkyl halides is 1. The van der Waals surface area contributed by atoms with E-state index in [4.69, 9.17) is 5.11 Å². The van der Waals surface area contributed by atoms with Crippen LogP contribution in [0.1, 0.15) is 15.9 Å². The van der Waals surface area contributed by atoms with Gasteiger partial charge in [0, 0.05) is 5.33 Å². The molecule has 4 heteroatoms. The molecule has 0 fully saturated rings. The van der Waals surface area contributed by atoms with Crippen LogP contribution < -0.4 is 0 Å². The fraction of sp³-hybridized carbons (Fsp3) is 0.222. The topological polar surface area (TPSA) is 37.3 Å². The lowest BCUT2D eigenvalue weighted by atomic mass is 10.1. The zero-order valence-electron chi connectivity index (χ0n) is 6.87. The van der Waals surface area contributed by atoms with E-state index in [0.717, 1.165) is 17.3 Å². The van der Waals surface area contributed by atoms with Crippen LogP contribution in [-0.4, -0.2) is 16.4 Å². The number of aryl methyl sites for hydroxylation is 1. The Morgan fingerprint density at radius 1 is 1.31 bits per heavy atom. The highest BCUT2D eigenvalue weighted by molar-refractivity contribution is 9.09. The second-order valence-corrected chi connectivity index (χ2v) is 3.23. The van der Waals surface area contributed by atoms with Gasteiger partial charge in [0.15, 0.2) is 0 Å². The zero-order chi connectivity index (χ0) is 8.97. The SMILES string of the molecule is Br.O=C(O)c1ccc(CCBr)cc1. The van der Waals surface area contributed by atoms with Gasteiger partial charge in [0.1, 0.15) is 0 Å². The molecule has 0 atom stereocenters. The Balaban J connectivity index is 0.00000144. The van der Waals surface area contributed by atoms with Gasteiger partial charge in [0.2, 0.25) is 0 Å². The van der Waals surface area contributed by atoms with Crippen molar-refractivity contribution in [2.24, 2.45) is 0 Å². The van der Waals surface area contributed by atoms with Crippen molar-refractivity contribution in [2.75, 3.05) is 5.33 Å². The first-order valence-corrected chi connectivity index (χ1v) is 4.74. The van der Waals surface area contributed by atoms with Crippen LogP contribution in [0.25, 0.3) is 0 Å². The molecule has 0 spiro atoms. The van der Waals surface area contributed by atoms with Crippen molar-refractivity contribution in [2.45, 2.75) is 6.42 Å². The molecule has 0 bridgehead atoms. The Morgan fingerprint density at radius 2 is 1.85 bits per heavy atom. The van der Waals surface area contributed by atoms with Crippen molar-refractivity contribution in [3.63, 3.8) is 0 Å². The first kappa shape index (κ1) is 12.7. The van der Waals surface area contributed by atoms with Crippen LogP contribution in [0.2, 0.25) is 0 Å². The van der Waals surface area contributed by atoms with Crippen molar-refractivity contribution >= 4 is 38.9 Å². The molecule has 1 aromatic rings. The van der Waals surface area contributed by atoms with Crippen LogP contribution >= 0.6 is 32.9 Å². The summed E-state index contributed by atoms with van der Waals surface area (Å²) in [7, 11) is 0. The third-order valence-electron chi connectivity index (χ3n) is 1.58. The lowest BCUT2D eigenvalue weighted by Crippen LogP contribution is -1.96. The van der Waals surface area contributed by atoms with Crippen LogP contribution in [-0.2, 0) is 6.42 Å². The minimum atomic E-state index is -0.875. The largest absolute Gasteiger partial charge is 0.478 e. The predicted octanol–water partition coefficient (Wildman–Crippen LogP) is 2.90. The number of carboxylic acid groups (broad SMARTS) is 1. The van der Waals surface area contributed by atoms with Crippen LogP contribution in [0.5, 0.6) is 0 Å². The van der Waals surface area contributed by atoms with Crippen molar-refractivity contribution in [3.05, 3.63) is 35.4 Å². The average molecular weight is 310 g/mol. The van der Waals surface area contributed by atoms with Gasteiger partial charge in [-0.05, 0) is 24.1 Å². The third kappa shape index (κ3) is 3.91. The van der Waals surface area contributed by atoms with Gasteiger partial charge in [-0.25, -0.2) is 4.79 Å². The molecule has 13 heavy (non-hydrogen) atoms. The Kier molecular flexibility index (Phi) is 5.99. The number of carbonyl (C=O) groups is 1. The highest BCUT2D eigenvalue weighted by Crippen LogP contribution is 2.05. The first-order valence-electron chi connectivity index (χ1n) is 3.62. The normalized spacial score (nSPS) is 9.00. The van der Waals surface area contributed by atoms with Gasteiger partial charge in [-0.3, -0.25) is 0 Å². The quantitative estimate of drug-likeness (QED) is 0.872. The van der Waals surface area contributed by atoms with E-state index in [0.29, 0.717) is 5.56 Å². The van der Waals surface area contributed by atoms with Crippen molar-refractivity contribution in [1.82, 2.24) is 0 Å². The second-order valence-electron chi connectivity index (χ2n) is 2.44. The van der Waals surface area contributed by atoms with Crippen molar-refractivity contribution in [1.29, 1.82) is 0 Å². The Morgan fingerprint density at radius 3 is 2.23 bits per heavy atom. The third-order valence-corrected chi connectivity index (χ3v) is 1.98. The lowest BCUT2D eigenvalue weighted by molar-refractivity contribution is 0.0697. The molecule has 0 heterocycles. The van der Waals surface area contributed by atoms with Crippen LogP contribution in [0.15, 0.2) is 24.3 Å². The minimum absolute atomic E-state index is 0. The number of hydrogen-bond acceptors (Lipinski definition) is 1. The molecule has 0 saturated heterocycles. The van der Waals surface area contributed by atoms with E-state index in [1.165, 1.54) is 0 Å². The van der Waals surface area contributed by atoms with Gasteiger partial charge in [-0.1, -0.05) is 28.1 Å². The molecule has 2 nitrogen and oxygen atoms in total. The maximum absolute atomic E-state index is 10.5. The van der Waals surface area contributed by atoms with Crippen LogP contribution in [0.3, 0.4) is 0 Å². The summed E-state index contributed by atoms with van der Waals surface area (Å²) in [6.45, 7) is 0. The van der Waals surface area contributed by atoms with E-state index in [1.807, 2.05) is 12.1 Å². The zero-order valence-corrected chi connectivity index (χ0v) is 10.2. The number of rotatable bonds is 3. The van der Waals surface area contributed by atoms with Crippen LogP contribution in [0, 0.1) is 0 Å². The van der Waals surface area contributed by atoms with E-state index >= 15 is 0 Å². The summed E-state index contributed by atoms with van der Waals surface area (Å²) < 4.78 is 0. The number of halogens is 2. The van der Waals surface area contributed by atoms with E-state index in [1.54, 1.807) is 12.1 Å². The molecule has 1 N–H and O–H groups in total. The fourth-order valence-electron chi connectivity index (χ4n) is 0.923. The molecule has 72 valence electrons. The van der Waals surface area contributed by atoms with Crippen LogP contribution in [0.4, 0.5) is 0 Å². The molecular weight excluding hydrogens is 300 g/mol. The van der Waals surface area contributed by atoms with E-state index < -0.39 is 5.97 Å². The number of aromatic carboxylic acids is 1. The molecule has 0 aliphatic heterocycles. The molecule has 0 aromatic heterocycles. The van der Waals surface area contributed by atoms with Crippen molar-refractivity contribution in [3.8, 4) is 0 Å². The molecule has 0 amide bonds. The van der Waals surface area contributed by atoms with Gasteiger partial charge in [0.25, 0.3) is 0 Å². The molecule has 0 unspecified atom stereocenters. The Bertz CT molecular complexity index is 269. The summed E-state index contributed by atoms with van der Waals surface area (Å²) in [5.41, 5.74) is 1.49. The predicted molar refractivity (Wildman–Crippen MR) is 61.2 cm³/mol. The van der Waals surface area contributed by atoms with Gasteiger partial charge in [-0.15, -0.1) is 17.0 Å². The monoisotopic (exact) mass is 308 g/mol. The molecule has 0 saturated carbocycles. The highest BCUT2D eigenvalue weighted by atomic mass is 79.9. The molecule has 1 rings (SSSR count). The standard InChI is InChI=1S/C9H9BrO2.BrH/c10-6-5-7-1-3-8(4-2-7)9(11)12;/h1-4H,5-6H2,(H,11,12);1H. The maximum Gasteiger partial charge on any atom is 0.335 e. The summed E-state index contributed by atoms with van der Waals surface area (Å²) in [6.07, 6.45) is 0.930. The Labute approximate surface area is 95.9 Å². The molecule has 1 aromatic carbocycles. The summed E-state index contributed by atoms with van der Waals surface area (Å²) in [5.74, 6) is -0.875. The smallest absolute Gasteiger partial charge is 0.335 e. The fourth-order valence-corrected chi connectivity index (χ4v) is 1.38. The highest BCUT2D eigenvalue weighted by Gasteiger charge is 2.00. The van der Waals surface area contributed by atoms with Gasteiger partial charge in [0.05, 0.1) is 5.56 Å². The van der Waals surface area contributed by atoms with Gasteiger partial charge >= 0.3 is 5.97 Å². The average Bonchev–Trinajstić information content (AvgIpc) is 2.06. The number of carboxylic acids is 1. The molecule has 0 aliphatic carbocycles.